The van der Waals surface area contributed by atoms with Gasteiger partial charge in [-0.05, 0) is 36.5 Å². The molecule has 0 bridgehead atoms. The fraction of sp³-hybridized carbons (Fsp3) is 0.524. The lowest BCUT2D eigenvalue weighted by molar-refractivity contribution is -0.143. The third-order valence-electron chi connectivity index (χ3n) is 5.28. The van der Waals surface area contributed by atoms with Crippen molar-refractivity contribution in [3.05, 3.63) is 35.5 Å². The minimum absolute atomic E-state index is 0.121. The minimum atomic E-state index is -0.273. The summed E-state index contributed by atoms with van der Waals surface area (Å²) >= 11 is 0. The molecule has 1 aliphatic heterocycles. The first-order valence-corrected chi connectivity index (χ1v) is 9.67. The lowest BCUT2D eigenvalue weighted by Crippen LogP contribution is -2.47. The molecule has 1 atom stereocenters. The van der Waals surface area contributed by atoms with Crippen molar-refractivity contribution in [1.29, 1.82) is 0 Å². The lowest BCUT2D eigenvalue weighted by Gasteiger charge is -2.27. The number of urea groups is 1. The molecule has 1 aromatic carbocycles. The zero-order chi connectivity index (χ0) is 19.6. The Kier molecular flexibility index (Phi) is 5.73. The Labute approximate surface area is 160 Å². The number of amides is 2. The van der Waals surface area contributed by atoms with Gasteiger partial charge in [0.25, 0.3) is 0 Å². The van der Waals surface area contributed by atoms with Crippen LogP contribution in [-0.4, -0.2) is 40.7 Å². The summed E-state index contributed by atoms with van der Waals surface area (Å²) in [7, 11) is 2.06. The smallest absolute Gasteiger partial charge is 0.317 e. The second-order valence-corrected chi connectivity index (χ2v) is 7.56. The first-order valence-electron chi connectivity index (χ1n) is 9.67. The molecule has 0 fully saturated rings. The van der Waals surface area contributed by atoms with Crippen LogP contribution in [0.25, 0.3) is 10.9 Å². The van der Waals surface area contributed by atoms with Crippen molar-refractivity contribution >= 4 is 22.9 Å². The largest absolute Gasteiger partial charge is 0.466 e. The van der Waals surface area contributed by atoms with Gasteiger partial charge >= 0.3 is 12.0 Å². The van der Waals surface area contributed by atoms with Crippen molar-refractivity contribution in [1.82, 2.24) is 14.8 Å². The number of aryl methyl sites for hydroxylation is 1. The normalized spacial score (nSPS) is 14.9. The molecule has 1 aromatic heterocycles. The number of nitrogens with one attached hydrogen (secondary N) is 1. The van der Waals surface area contributed by atoms with Crippen LogP contribution < -0.4 is 5.32 Å². The van der Waals surface area contributed by atoms with Gasteiger partial charge < -0.3 is 19.5 Å². The summed E-state index contributed by atoms with van der Waals surface area (Å²) < 4.78 is 7.20. The molecule has 1 N–H and O–H groups in total. The maximum Gasteiger partial charge on any atom is 0.317 e. The zero-order valence-corrected chi connectivity index (χ0v) is 16.6. The maximum absolute atomic E-state index is 12.9. The quantitative estimate of drug-likeness (QED) is 0.821. The van der Waals surface area contributed by atoms with Crippen LogP contribution in [0.5, 0.6) is 0 Å². The second-order valence-electron chi connectivity index (χ2n) is 7.56. The topological polar surface area (TPSA) is 63.6 Å². The Morgan fingerprint density at radius 1 is 1.26 bits per heavy atom. The number of carbonyl (C=O) groups excluding carboxylic acids is 2. The molecule has 0 aliphatic carbocycles. The number of carbonyl (C=O) groups is 2. The molecule has 146 valence electrons. The summed E-state index contributed by atoms with van der Waals surface area (Å²) in [4.78, 5) is 26.6. The van der Waals surface area contributed by atoms with Gasteiger partial charge in [0.1, 0.15) is 0 Å². The van der Waals surface area contributed by atoms with Crippen molar-refractivity contribution in [2.45, 2.75) is 46.2 Å². The highest BCUT2D eigenvalue weighted by molar-refractivity contribution is 5.88. The van der Waals surface area contributed by atoms with Gasteiger partial charge in [-0.2, -0.15) is 0 Å². The summed E-state index contributed by atoms with van der Waals surface area (Å²) in [5.74, 6) is -0.128. The third-order valence-corrected chi connectivity index (χ3v) is 5.28. The fourth-order valence-corrected chi connectivity index (χ4v) is 3.76. The number of nitrogens with zero attached hydrogens (tertiary/aromatic N) is 2. The number of rotatable bonds is 5. The van der Waals surface area contributed by atoms with Crippen LogP contribution in [0.15, 0.2) is 24.4 Å². The molecular formula is C21H29N3O3. The van der Waals surface area contributed by atoms with Gasteiger partial charge in [-0.3, -0.25) is 4.79 Å². The van der Waals surface area contributed by atoms with Crippen molar-refractivity contribution in [3.63, 3.8) is 0 Å². The molecule has 6 heteroatoms. The molecule has 0 saturated carbocycles. The van der Waals surface area contributed by atoms with Crippen LogP contribution in [0.4, 0.5) is 4.79 Å². The fourth-order valence-electron chi connectivity index (χ4n) is 3.76. The summed E-state index contributed by atoms with van der Waals surface area (Å²) in [5, 5.41) is 4.31. The molecule has 2 heterocycles. The van der Waals surface area contributed by atoms with Crippen LogP contribution in [0.3, 0.4) is 0 Å². The molecule has 0 saturated heterocycles. The van der Waals surface area contributed by atoms with Crippen LogP contribution in [0.1, 0.15) is 38.3 Å². The number of hydrogen-bond donors (Lipinski definition) is 1. The van der Waals surface area contributed by atoms with Gasteiger partial charge in [0.2, 0.25) is 0 Å². The molecule has 2 amide bonds. The monoisotopic (exact) mass is 371 g/mol. The first-order chi connectivity index (χ1) is 12.9. The Balaban J connectivity index is 1.74. The summed E-state index contributed by atoms with van der Waals surface area (Å²) in [6, 6.07) is 5.90. The van der Waals surface area contributed by atoms with Crippen LogP contribution >= 0.6 is 0 Å². The first kappa shape index (κ1) is 19.3. The minimum Gasteiger partial charge on any atom is -0.466 e. The predicted octanol–water partition coefficient (Wildman–Crippen LogP) is 3.22. The van der Waals surface area contributed by atoms with Crippen molar-refractivity contribution < 1.29 is 14.3 Å². The number of hydrogen-bond acceptors (Lipinski definition) is 3. The predicted molar refractivity (Wildman–Crippen MR) is 105 cm³/mol. The van der Waals surface area contributed by atoms with E-state index < -0.39 is 0 Å². The highest BCUT2D eigenvalue weighted by Gasteiger charge is 2.26. The standard InChI is InChI=1S/C21H29N3O3/c1-5-27-19(25)11-17(14(2)3)22-21(26)24-10-9-16-12-23(4)18-8-6-7-15(13-24)20(16)18/h6-8,12,14,17H,5,9-11,13H2,1-4H3,(H,22,26)/t17-/m0/s1. The summed E-state index contributed by atoms with van der Waals surface area (Å²) in [6.07, 6.45) is 3.18. The molecule has 6 nitrogen and oxygen atoms in total. The number of ether oxygens (including phenoxy) is 1. The van der Waals surface area contributed by atoms with Gasteiger partial charge in [0.05, 0.1) is 13.0 Å². The molecule has 0 spiro atoms. The molecular weight excluding hydrogens is 342 g/mol. The van der Waals surface area contributed by atoms with E-state index in [2.05, 4.69) is 35.3 Å². The molecule has 0 unspecified atom stereocenters. The Morgan fingerprint density at radius 3 is 2.74 bits per heavy atom. The summed E-state index contributed by atoms with van der Waals surface area (Å²) in [5.41, 5.74) is 3.65. The van der Waals surface area contributed by atoms with E-state index >= 15 is 0 Å². The SMILES string of the molecule is CCOC(=O)C[C@H](NC(=O)N1CCc2cn(C)c3cccc(c23)C1)C(C)C. The zero-order valence-electron chi connectivity index (χ0n) is 16.6. The number of aromatic nitrogens is 1. The van der Waals surface area contributed by atoms with Crippen LogP contribution in [0, 0.1) is 5.92 Å². The van der Waals surface area contributed by atoms with E-state index in [1.54, 1.807) is 6.92 Å². The van der Waals surface area contributed by atoms with Crippen molar-refractivity contribution in [2.24, 2.45) is 13.0 Å². The van der Waals surface area contributed by atoms with E-state index in [0.717, 1.165) is 6.42 Å². The number of esters is 1. The Morgan fingerprint density at radius 2 is 2.04 bits per heavy atom. The Bertz CT molecular complexity index is 841. The average molecular weight is 371 g/mol. The van der Waals surface area contributed by atoms with E-state index in [1.165, 1.54) is 22.0 Å². The highest BCUT2D eigenvalue weighted by Crippen LogP contribution is 2.29. The number of benzene rings is 1. The van der Waals surface area contributed by atoms with Crippen molar-refractivity contribution in [3.8, 4) is 0 Å². The molecule has 2 aromatic rings. The van der Waals surface area contributed by atoms with Crippen molar-refractivity contribution in [2.75, 3.05) is 13.2 Å². The van der Waals surface area contributed by atoms with Gasteiger partial charge in [0.15, 0.2) is 0 Å². The van der Waals surface area contributed by atoms with E-state index in [0.29, 0.717) is 19.7 Å². The second kappa shape index (κ2) is 8.03. The van der Waals surface area contributed by atoms with Gasteiger partial charge in [-0.25, -0.2) is 4.79 Å². The van der Waals surface area contributed by atoms with E-state index in [-0.39, 0.29) is 30.4 Å². The molecule has 27 heavy (non-hydrogen) atoms. The average Bonchev–Trinajstić information content (AvgIpc) is 2.83. The van der Waals surface area contributed by atoms with Crippen LogP contribution in [0.2, 0.25) is 0 Å². The van der Waals surface area contributed by atoms with E-state index in [9.17, 15) is 9.59 Å². The van der Waals surface area contributed by atoms with Gasteiger partial charge in [0, 0.05) is 43.3 Å². The lowest BCUT2D eigenvalue weighted by atomic mass is 10.0. The van der Waals surface area contributed by atoms with E-state index in [1.807, 2.05) is 24.8 Å². The molecule has 3 rings (SSSR count). The maximum atomic E-state index is 12.9. The molecule has 1 aliphatic rings. The molecule has 0 radical (unpaired) electrons. The van der Waals surface area contributed by atoms with Gasteiger partial charge in [-0.1, -0.05) is 26.0 Å². The van der Waals surface area contributed by atoms with Crippen LogP contribution in [-0.2, 0) is 29.5 Å². The Hall–Kier alpha value is -2.50. The highest BCUT2D eigenvalue weighted by atomic mass is 16.5. The summed E-state index contributed by atoms with van der Waals surface area (Å²) in [6.45, 7) is 7.38. The third kappa shape index (κ3) is 4.10. The van der Waals surface area contributed by atoms with Gasteiger partial charge in [-0.15, -0.1) is 0 Å². The van der Waals surface area contributed by atoms with E-state index in [4.69, 9.17) is 4.74 Å².